The molecule has 0 saturated carbocycles. The highest BCUT2D eigenvalue weighted by atomic mass is 32.3. The molecular formula is C29H27NO6S. The fraction of sp³-hybridized carbons (Fsp3) is 0.172. The number of ether oxygens (including phenoxy) is 1. The van der Waals surface area contributed by atoms with Crippen molar-refractivity contribution in [2.45, 2.75) is 27.7 Å². The van der Waals surface area contributed by atoms with Crippen LogP contribution in [0.15, 0.2) is 72.9 Å². The zero-order valence-electron chi connectivity index (χ0n) is 21.2. The number of carbonyl (C=O) groups excluding carboxylic acids is 1. The predicted molar refractivity (Wildman–Crippen MR) is 142 cm³/mol. The molecule has 0 spiro atoms. The molecule has 5 aromatic rings. The molecule has 0 aliphatic rings. The van der Waals surface area contributed by atoms with Crippen LogP contribution in [0.4, 0.5) is 0 Å². The molecule has 0 bridgehead atoms. The third-order valence-corrected chi connectivity index (χ3v) is 6.76. The molecule has 3 aromatic carbocycles. The van der Waals surface area contributed by atoms with Crippen molar-refractivity contribution in [3.05, 3.63) is 89.7 Å². The summed E-state index contributed by atoms with van der Waals surface area (Å²) in [6.45, 7) is 7.40. The normalized spacial score (nSPS) is 11.3. The standard InChI is InChI=1S/C27H24NO.C2H4O5S/c1-17-12-22-14-26-24-16-25(20-8-6-5-7-9-20)27(29-4)15-21(24)10-11-28(26)19(3)23(22)13-18(17)2;1-2(3)7-8(4,5)6/h5-16H,1-4H3;1H3,(H,4,5,6)/q+1;/p-1. The number of methoxy groups -OCH3 is 1. The summed E-state index contributed by atoms with van der Waals surface area (Å²) in [4.78, 5) is 9.66. The molecule has 37 heavy (non-hydrogen) atoms. The zero-order chi connectivity index (χ0) is 26.9. The van der Waals surface area contributed by atoms with Gasteiger partial charge in [-0.3, -0.25) is 4.79 Å². The molecule has 5 rings (SSSR count). The summed E-state index contributed by atoms with van der Waals surface area (Å²) < 4.78 is 39.6. The van der Waals surface area contributed by atoms with Gasteiger partial charge >= 0.3 is 5.97 Å². The molecule has 0 fully saturated rings. The first-order valence-corrected chi connectivity index (χ1v) is 12.9. The first-order valence-electron chi connectivity index (χ1n) is 11.6. The van der Waals surface area contributed by atoms with Crippen molar-refractivity contribution in [2.24, 2.45) is 0 Å². The number of rotatable bonds is 3. The molecule has 0 unspecified atom stereocenters. The van der Waals surface area contributed by atoms with Gasteiger partial charge in [-0.1, -0.05) is 36.4 Å². The third kappa shape index (κ3) is 5.55. The Labute approximate surface area is 215 Å². The highest BCUT2D eigenvalue weighted by Gasteiger charge is 2.18. The number of benzene rings is 3. The van der Waals surface area contributed by atoms with Gasteiger partial charge in [0, 0.05) is 36.9 Å². The van der Waals surface area contributed by atoms with E-state index in [1.807, 2.05) is 6.07 Å². The van der Waals surface area contributed by atoms with Gasteiger partial charge in [0.05, 0.1) is 12.5 Å². The van der Waals surface area contributed by atoms with E-state index in [-0.39, 0.29) is 0 Å². The van der Waals surface area contributed by atoms with Gasteiger partial charge in [-0.2, -0.15) is 4.40 Å². The Bertz CT molecular complexity index is 1760. The van der Waals surface area contributed by atoms with Gasteiger partial charge in [-0.05, 0) is 59.5 Å². The van der Waals surface area contributed by atoms with E-state index in [9.17, 15) is 17.8 Å². The number of carbonyl (C=O) groups is 1. The molecule has 0 saturated heterocycles. The number of hydrogen-bond donors (Lipinski definition) is 0. The van der Waals surface area contributed by atoms with Crippen LogP contribution >= 0.6 is 0 Å². The van der Waals surface area contributed by atoms with E-state index in [0.717, 1.165) is 23.8 Å². The van der Waals surface area contributed by atoms with Crippen LogP contribution in [0.25, 0.3) is 38.2 Å². The largest absolute Gasteiger partial charge is 0.716 e. The van der Waals surface area contributed by atoms with E-state index in [0.29, 0.717) is 0 Å². The summed E-state index contributed by atoms with van der Waals surface area (Å²) in [6, 6.07) is 24.0. The predicted octanol–water partition coefficient (Wildman–Crippen LogP) is 5.34. The van der Waals surface area contributed by atoms with E-state index < -0.39 is 16.4 Å². The molecular weight excluding hydrogens is 490 g/mol. The molecule has 0 N–H and O–H groups in total. The topological polar surface area (TPSA) is 96.8 Å². The second-order valence-corrected chi connectivity index (χ2v) is 9.80. The van der Waals surface area contributed by atoms with E-state index in [1.165, 1.54) is 43.9 Å². The first-order chi connectivity index (χ1) is 17.5. The first kappa shape index (κ1) is 26.1. The third-order valence-electron chi connectivity index (χ3n) is 6.32. The monoisotopic (exact) mass is 517 g/mol. The molecule has 8 heteroatoms. The Morgan fingerprint density at radius 1 is 0.865 bits per heavy atom. The van der Waals surface area contributed by atoms with Gasteiger partial charge in [-0.25, -0.2) is 8.42 Å². The molecule has 0 aliphatic carbocycles. The van der Waals surface area contributed by atoms with Crippen LogP contribution < -0.4 is 9.14 Å². The highest BCUT2D eigenvalue weighted by Crippen LogP contribution is 2.35. The van der Waals surface area contributed by atoms with Crippen LogP contribution in [0.2, 0.25) is 0 Å². The minimum absolute atomic E-state index is 0.829. The van der Waals surface area contributed by atoms with Crippen molar-refractivity contribution in [1.29, 1.82) is 0 Å². The van der Waals surface area contributed by atoms with E-state index in [4.69, 9.17) is 4.74 Å². The van der Waals surface area contributed by atoms with Crippen molar-refractivity contribution in [3.63, 3.8) is 0 Å². The van der Waals surface area contributed by atoms with Gasteiger partial charge in [0.1, 0.15) is 5.75 Å². The second-order valence-electron chi connectivity index (χ2n) is 8.81. The quantitative estimate of drug-likeness (QED) is 0.105. The summed E-state index contributed by atoms with van der Waals surface area (Å²) in [5.41, 5.74) is 7.42. The molecule has 0 aliphatic heterocycles. The van der Waals surface area contributed by atoms with Crippen LogP contribution in [0, 0.1) is 20.8 Å². The number of hydrogen-bond acceptors (Lipinski definition) is 6. The van der Waals surface area contributed by atoms with Gasteiger partial charge < -0.3 is 13.5 Å². The van der Waals surface area contributed by atoms with Crippen molar-refractivity contribution in [1.82, 2.24) is 0 Å². The average Bonchev–Trinajstić information content (AvgIpc) is 2.84. The van der Waals surface area contributed by atoms with Crippen LogP contribution in [-0.2, 0) is 19.4 Å². The lowest BCUT2D eigenvalue weighted by molar-refractivity contribution is -0.516. The minimum atomic E-state index is -4.82. The van der Waals surface area contributed by atoms with Crippen molar-refractivity contribution < 1.29 is 31.1 Å². The fourth-order valence-electron chi connectivity index (χ4n) is 4.46. The van der Waals surface area contributed by atoms with E-state index in [2.05, 4.69) is 96.2 Å². The van der Waals surface area contributed by atoms with Crippen LogP contribution in [0.5, 0.6) is 5.75 Å². The van der Waals surface area contributed by atoms with Gasteiger partial charge in [0.2, 0.25) is 5.52 Å². The maximum absolute atomic E-state index is 9.66. The molecule has 2 aromatic heterocycles. The number of aromatic nitrogens is 1. The van der Waals surface area contributed by atoms with Crippen LogP contribution in [-0.4, -0.2) is 26.0 Å². The molecule has 7 nitrogen and oxygen atoms in total. The maximum Gasteiger partial charge on any atom is 0.318 e. The van der Waals surface area contributed by atoms with Gasteiger partial charge in [-0.15, -0.1) is 0 Å². The van der Waals surface area contributed by atoms with Crippen LogP contribution in [0.3, 0.4) is 0 Å². The summed E-state index contributed by atoms with van der Waals surface area (Å²) in [6.07, 6.45) is 2.17. The van der Waals surface area contributed by atoms with Crippen LogP contribution in [0.1, 0.15) is 23.7 Å². The minimum Gasteiger partial charge on any atom is -0.716 e. The average molecular weight is 518 g/mol. The zero-order valence-corrected chi connectivity index (χ0v) is 22.0. The Balaban J connectivity index is 0.000000349. The Morgan fingerprint density at radius 3 is 2.14 bits per heavy atom. The Morgan fingerprint density at radius 2 is 1.54 bits per heavy atom. The maximum atomic E-state index is 9.66. The summed E-state index contributed by atoms with van der Waals surface area (Å²) in [5, 5.41) is 5.01. The Kier molecular flexibility index (Phi) is 7.16. The fourth-order valence-corrected chi connectivity index (χ4v) is 4.75. The summed E-state index contributed by atoms with van der Waals surface area (Å²) in [5.74, 6) is -0.225. The SMILES string of the molecule is CC(=O)OS(=O)(=O)[O-].COc1cc2cc[n+]3c(C)c4cc(C)c(C)cc4cc3c2cc1-c1ccccc1. The molecule has 0 amide bonds. The highest BCUT2D eigenvalue weighted by molar-refractivity contribution is 7.81. The number of pyridine rings is 2. The summed E-state index contributed by atoms with van der Waals surface area (Å²) in [7, 11) is -3.08. The van der Waals surface area contributed by atoms with Crippen molar-refractivity contribution >= 4 is 43.4 Å². The summed E-state index contributed by atoms with van der Waals surface area (Å²) >= 11 is 0. The van der Waals surface area contributed by atoms with Gasteiger partial charge in [0.25, 0.3) is 10.4 Å². The molecule has 2 heterocycles. The smallest absolute Gasteiger partial charge is 0.318 e. The molecule has 0 radical (unpaired) electrons. The Hall–Kier alpha value is -4.01. The second kappa shape index (κ2) is 10.2. The number of nitrogens with zero attached hydrogens (tertiary/aromatic N) is 1. The lowest BCUT2D eigenvalue weighted by Gasteiger charge is -2.12. The lowest BCUT2D eigenvalue weighted by Crippen LogP contribution is -2.25. The van der Waals surface area contributed by atoms with Crippen molar-refractivity contribution in [3.8, 4) is 16.9 Å². The molecule has 0 atom stereocenters. The molecule has 190 valence electrons. The van der Waals surface area contributed by atoms with E-state index >= 15 is 0 Å². The number of fused-ring (bicyclic) bond motifs is 4. The lowest BCUT2D eigenvalue weighted by atomic mass is 9.97. The van der Waals surface area contributed by atoms with E-state index in [1.54, 1.807) is 7.11 Å². The van der Waals surface area contributed by atoms with Gasteiger partial charge in [0.15, 0.2) is 11.9 Å². The van der Waals surface area contributed by atoms with Crippen molar-refractivity contribution in [2.75, 3.05) is 7.11 Å². The number of aryl methyl sites for hydroxylation is 3.